The summed E-state index contributed by atoms with van der Waals surface area (Å²) < 4.78 is 26.3. The van der Waals surface area contributed by atoms with Crippen LogP contribution in [0.2, 0.25) is 0 Å². The molecule has 0 heterocycles. The molecule has 0 aliphatic heterocycles. The van der Waals surface area contributed by atoms with E-state index in [4.69, 9.17) is 5.73 Å². The Hall–Kier alpha value is -1.74. The second-order valence-corrected chi connectivity index (χ2v) is 4.54. The number of aryl methyl sites for hydroxylation is 2. The Labute approximate surface area is 105 Å². The van der Waals surface area contributed by atoms with E-state index in [2.05, 4.69) is 0 Å². The monoisotopic (exact) mass is 247 g/mol. The summed E-state index contributed by atoms with van der Waals surface area (Å²) in [4.78, 5) is 0. The molecule has 0 aliphatic rings. The summed E-state index contributed by atoms with van der Waals surface area (Å²) in [6.07, 6.45) is 0. The van der Waals surface area contributed by atoms with Crippen molar-refractivity contribution in [3.63, 3.8) is 0 Å². The van der Waals surface area contributed by atoms with Crippen LogP contribution in [0, 0.1) is 25.5 Å². The number of rotatable bonds is 2. The molecule has 0 amide bonds. The van der Waals surface area contributed by atoms with Crippen LogP contribution in [0.25, 0.3) is 0 Å². The summed E-state index contributed by atoms with van der Waals surface area (Å²) in [6.45, 7) is 3.93. The second-order valence-electron chi connectivity index (χ2n) is 4.54. The fourth-order valence-electron chi connectivity index (χ4n) is 2.11. The fraction of sp³-hybridized carbons (Fsp3) is 0.200. The summed E-state index contributed by atoms with van der Waals surface area (Å²) in [7, 11) is 0. The maximum absolute atomic E-state index is 13.2. The summed E-state index contributed by atoms with van der Waals surface area (Å²) in [5, 5.41) is 0. The number of nitrogens with two attached hydrogens (primary N) is 1. The predicted molar refractivity (Wildman–Crippen MR) is 68.3 cm³/mol. The van der Waals surface area contributed by atoms with E-state index in [9.17, 15) is 8.78 Å². The first-order valence-electron chi connectivity index (χ1n) is 5.76. The predicted octanol–water partition coefficient (Wildman–Crippen LogP) is 3.63. The number of hydrogen-bond donors (Lipinski definition) is 1. The molecule has 1 atom stereocenters. The maximum Gasteiger partial charge on any atom is 0.126 e. The molecule has 1 nitrogen and oxygen atoms in total. The van der Waals surface area contributed by atoms with Crippen molar-refractivity contribution in [2.24, 2.45) is 5.73 Å². The van der Waals surface area contributed by atoms with Gasteiger partial charge in [0.05, 0.1) is 6.04 Å². The topological polar surface area (TPSA) is 26.0 Å². The SMILES string of the molecule is Cc1ccc(C(N)c2cc(F)cc(F)c2)c(C)c1. The van der Waals surface area contributed by atoms with Crippen molar-refractivity contribution < 1.29 is 8.78 Å². The van der Waals surface area contributed by atoms with Crippen LogP contribution in [0.3, 0.4) is 0 Å². The minimum atomic E-state index is -0.606. The molecular weight excluding hydrogens is 232 g/mol. The van der Waals surface area contributed by atoms with Crippen molar-refractivity contribution in [2.45, 2.75) is 19.9 Å². The van der Waals surface area contributed by atoms with Crippen LogP contribution in [0.1, 0.15) is 28.3 Å². The largest absolute Gasteiger partial charge is 0.320 e. The van der Waals surface area contributed by atoms with Crippen molar-refractivity contribution in [1.82, 2.24) is 0 Å². The van der Waals surface area contributed by atoms with Gasteiger partial charge >= 0.3 is 0 Å². The molecule has 94 valence electrons. The van der Waals surface area contributed by atoms with Gasteiger partial charge in [0.25, 0.3) is 0 Å². The molecule has 3 heteroatoms. The highest BCUT2D eigenvalue weighted by molar-refractivity contribution is 5.38. The Kier molecular flexibility index (Phi) is 3.43. The Bertz CT molecular complexity index is 558. The van der Waals surface area contributed by atoms with Crippen molar-refractivity contribution in [3.05, 3.63) is 70.3 Å². The Morgan fingerprint density at radius 1 is 0.944 bits per heavy atom. The summed E-state index contributed by atoms with van der Waals surface area (Å²) >= 11 is 0. The van der Waals surface area contributed by atoms with Crippen LogP contribution in [-0.4, -0.2) is 0 Å². The Morgan fingerprint density at radius 3 is 2.11 bits per heavy atom. The van der Waals surface area contributed by atoms with E-state index in [1.54, 1.807) is 0 Å². The van der Waals surface area contributed by atoms with Gasteiger partial charge in [-0.05, 0) is 42.7 Å². The highest BCUT2D eigenvalue weighted by Gasteiger charge is 2.13. The molecule has 0 aliphatic carbocycles. The zero-order valence-electron chi connectivity index (χ0n) is 10.4. The minimum absolute atomic E-state index is 0.444. The molecule has 0 bridgehead atoms. The van der Waals surface area contributed by atoms with Gasteiger partial charge in [0, 0.05) is 6.07 Å². The average Bonchev–Trinajstić information content (AvgIpc) is 2.26. The first kappa shape index (κ1) is 12.7. The molecular formula is C15H15F2N. The van der Waals surface area contributed by atoms with Gasteiger partial charge in [-0.25, -0.2) is 8.78 Å². The number of benzene rings is 2. The third-order valence-corrected chi connectivity index (χ3v) is 3.00. The van der Waals surface area contributed by atoms with Crippen LogP contribution in [0.4, 0.5) is 8.78 Å². The Balaban J connectivity index is 2.44. The third-order valence-electron chi connectivity index (χ3n) is 3.00. The van der Waals surface area contributed by atoms with Crippen LogP contribution in [-0.2, 0) is 0 Å². The lowest BCUT2D eigenvalue weighted by atomic mass is 9.94. The molecule has 18 heavy (non-hydrogen) atoms. The van der Waals surface area contributed by atoms with E-state index >= 15 is 0 Å². The van der Waals surface area contributed by atoms with E-state index < -0.39 is 17.7 Å². The maximum atomic E-state index is 13.2. The lowest BCUT2D eigenvalue weighted by molar-refractivity contribution is 0.577. The Morgan fingerprint density at radius 2 is 1.56 bits per heavy atom. The van der Waals surface area contributed by atoms with Crippen LogP contribution >= 0.6 is 0 Å². The first-order chi connectivity index (χ1) is 8.47. The summed E-state index contributed by atoms with van der Waals surface area (Å²) in [5.74, 6) is -1.21. The van der Waals surface area contributed by atoms with Gasteiger partial charge in [0.1, 0.15) is 11.6 Å². The lowest BCUT2D eigenvalue weighted by Gasteiger charge is -2.16. The minimum Gasteiger partial charge on any atom is -0.320 e. The van der Waals surface area contributed by atoms with E-state index in [-0.39, 0.29) is 0 Å². The molecule has 0 saturated heterocycles. The molecule has 0 spiro atoms. The molecule has 2 aromatic carbocycles. The van der Waals surface area contributed by atoms with E-state index in [1.807, 2.05) is 32.0 Å². The van der Waals surface area contributed by atoms with Crippen LogP contribution < -0.4 is 5.73 Å². The van der Waals surface area contributed by atoms with Crippen molar-refractivity contribution in [1.29, 1.82) is 0 Å². The second kappa shape index (κ2) is 4.86. The normalized spacial score (nSPS) is 12.5. The van der Waals surface area contributed by atoms with Gasteiger partial charge in [-0.3, -0.25) is 0 Å². The van der Waals surface area contributed by atoms with Gasteiger partial charge in [-0.15, -0.1) is 0 Å². The molecule has 2 aromatic rings. The van der Waals surface area contributed by atoms with E-state index in [0.717, 1.165) is 22.8 Å². The van der Waals surface area contributed by atoms with E-state index in [1.165, 1.54) is 12.1 Å². The standard InChI is InChI=1S/C15H15F2N/c1-9-3-4-14(10(2)5-9)15(18)11-6-12(16)8-13(17)7-11/h3-8,15H,18H2,1-2H3. The third kappa shape index (κ3) is 2.57. The van der Waals surface area contributed by atoms with Gasteiger partial charge in [0.15, 0.2) is 0 Å². The van der Waals surface area contributed by atoms with Gasteiger partial charge in [0.2, 0.25) is 0 Å². The van der Waals surface area contributed by atoms with Gasteiger partial charge in [-0.2, -0.15) is 0 Å². The smallest absolute Gasteiger partial charge is 0.126 e. The highest BCUT2D eigenvalue weighted by atomic mass is 19.1. The summed E-state index contributed by atoms with van der Waals surface area (Å²) in [6, 6.07) is 8.72. The van der Waals surface area contributed by atoms with Crippen molar-refractivity contribution in [3.8, 4) is 0 Å². The molecule has 0 aromatic heterocycles. The molecule has 0 radical (unpaired) electrons. The molecule has 0 saturated carbocycles. The quantitative estimate of drug-likeness (QED) is 0.861. The summed E-state index contributed by atoms with van der Waals surface area (Å²) in [5.41, 5.74) is 9.55. The van der Waals surface area contributed by atoms with Gasteiger partial charge in [-0.1, -0.05) is 23.8 Å². The van der Waals surface area contributed by atoms with Crippen molar-refractivity contribution >= 4 is 0 Å². The lowest BCUT2D eigenvalue weighted by Crippen LogP contribution is -2.14. The molecule has 2 N–H and O–H groups in total. The first-order valence-corrected chi connectivity index (χ1v) is 5.76. The molecule has 2 rings (SSSR count). The zero-order valence-corrected chi connectivity index (χ0v) is 10.4. The van der Waals surface area contributed by atoms with Crippen LogP contribution in [0.5, 0.6) is 0 Å². The average molecular weight is 247 g/mol. The van der Waals surface area contributed by atoms with Gasteiger partial charge < -0.3 is 5.73 Å². The van der Waals surface area contributed by atoms with E-state index in [0.29, 0.717) is 5.56 Å². The van der Waals surface area contributed by atoms with Crippen LogP contribution in [0.15, 0.2) is 36.4 Å². The molecule has 1 unspecified atom stereocenters. The highest BCUT2D eigenvalue weighted by Crippen LogP contribution is 2.24. The van der Waals surface area contributed by atoms with Crippen molar-refractivity contribution in [2.75, 3.05) is 0 Å². The zero-order chi connectivity index (χ0) is 13.3. The fourth-order valence-corrected chi connectivity index (χ4v) is 2.11. The number of hydrogen-bond acceptors (Lipinski definition) is 1. The molecule has 0 fully saturated rings. The number of halogens is 2.